The summed E-state index contributed by atoms with van der Waals surface area (Å²) in [7, 11) is 0. The summed E-state index contributed by atoms with van der Waals surface area (Å²) in [6, 6.07) is 6.08. The van der Waals surface area contributed by atoms with Crippen LogP contribution >= 0.6 is 0 Å². The molecule has 0 spiro atoms. The molecule has 1 rings (SSSR count). The molecule has 0 fully saturated rings. The maximum absolute atomic E-state index is 3.96. The van der Waals surface area contributed by atoms with Crippen LogP contribution in [0.25, 0.3) is 18.7 Å². The standard InChI is InChI=1S/C11H12/c1-4-10-7-6-8-11(5-2)9(10)3/h4-8H,1,3H2,2H3. The minimum absolute atomic E-state index is 1.06. The third-order valence-electron chi connectivity index (χ3n) is 1.78. The first-order valence-electron chi connectivity index (χ1n) is 3.66. The van der Waals surface area contributed by atoms with Crippen molar-refractivity contribution in [3.05, 3.63) is 40.8 Å². The molecule has 0 N–H and O–H groups in total. The topological polar surface area (TPSA) is 0 Å². The lowest BCUT2D eigenvalue weighted by Gasteiger charge is -1.93. The van der Waals surface area contributed by atoms with E-state index in [2.05, 4.69) is 25.3 Å². The Balaban J connectivity index is 3.58. The molecule has 56 valence electrons. The Hall–Kier alpha value is -1.30. The van der Waals surface area contributed by atoms with Crippen molar-refractivity contribution in [2.24, 2.45) is 0 Å². The maximum Gasteiger partial charge on any atom is -0.0187 e. The van der Waals surface area contributed by atoms with Crippen molar-refractivity contribution in [3.63, 3.8) is 0 Å². The van der Waals surface area contributed by atoms with E-state index in [-0.39, 0.29) is 0 Å². The molecule has 0 heteroatoms. The van der Waals surface area contributed by atoms with Crippen molar-refractivity contribution in [1.82, 2.24) is 0 Å². The van der Waals surface area contributed by atoms with Crippen LogP contribution in [0.1, 0.15) is 12.5 Å². The van der Waals surface area contributed by atoms with Crippen molar-refractivity contribution in [1.29, 1.82) is 0 Å². The van der Waals surface area contributed by atoms with Crippen LogP contribution in [0.15, 0.2) is 24.8 Å². The van der Waals surface area contributed by atoms with Gasteiger partial charge < -0.3 is 0 Å². The van der Waals surface area contributed by atoms with Crippen LogP contribution in [0, 0.1) is 0 Å². The average Bonchev–Trinajstić information content (AvgIpc) is 2.05. The molecule has 1 aromatic carbocycles. The summed E-state index contributed by atoms with van der Waals surface area (Å²) >= 11 is 0. The highest BCUT2D eigenvalue weighted by Gasteiger charge is 1.86. The Morgan fingerprint density at radius 2 is 2.09 bits per heavy atom. The number of benzene rings is 1. The van der Waals surface area contributed by atoms with Crippen LogP contribution in [0.3, 0.4) is 0 Å². The predicted octanol–water partition coefficient (Wildman–Crippen LogP) is 1.54. The Kier molecular flexibility index (Phi) is 2.27. The summed E-state index contributed by atoms with van der Waals surface area (Å²) in [6.07, 6.45) is 3.88. The van der Waals surface area contributed by atoms with Crippen LogP contribution in [0.4, 0.5) is 0 Å². The zero-order valence-corrected chi connectivity index (χ0v) is 6.80. The van der Waals surface area contributed by atoms with Crippen molar-refractivity contribution < 1.29 is 0 Å². The van der Waals surface area contributed by atoms with Crippen molar-refractivity contribution >= 4 is 18.7 Å². The molecule has 0 aliphatic heterocycles. The van der Waals surface area contributed by atoms with Gasteiger partial charge in [0.15, 0.2) is 0 Å². The highest BCUT2D eigenvalue weighted by atomic mass is 13.9. The van der Waals surface area contributed by atoms with Gasteiger partial charge in [0.1, 0.15) is 0 Å². The molecule has 0 amide bonds. The fourth-order valence-corrected chi connectivity index (χ4v) is 1.08. The Bertz CT molecular complexity index is 358. The summed E-state index contributed by atoms with van der Waals surface area (Å²) in [5, 5.41) is 2.24. The first-order valence-corrected chi connectivity index (χ1v) is 3.66. The Morgan fingerprint density at radius 1 is 1.36 bits per heavy atom. The molecule has 11 heavy (non-hydrogen) atoms. The highest BCUT2D eigenvalue weighted by Crippen LogP contribution is 1.88. The normalized spacial score (nSPS) is 11.5. The molecule has 0 nitrogen and oxygen atoms in total. The van der Waals surface area contributed by atoms with Gasteiger partial charge in [-0.3, -0.25) is 0 Å². The Labute approximate surface area is 67.2 Å². The van der Waals surface area contributed by atoms with Gasteiger partial charge in [0.2, 0.25) is 0 Å². The molecule has 0 aliphatic carbocycles. The smallest absolute Gasteiger partial charge is 0.0187 e. The van der Waals surface area contributed by atoms with E-state index in [4.69, 9.17) is 0 Å². The fourth-order valence-electron chi connectivity index (χ4n) is 1.08. The zero-order valence-electron chi connectivity index (χ0n) is 6.80. The van der Waals surface area contributed by atoms with E-state index in [0.29, 0.717) is 0 Å². The molecule has 0 aliphatic rings. The lowest BCUT2D eigenvalue weighted by molar-refractivity contribution is 1.49. The summed E-state index contributed by atoms with van der Waals surface area (Å²) in [6.45, 7) is 9.68. The number of hydrogen-bond donors (Lipinski definition) is 0. The quantitative estimate of drug-likeness (QED) is 0.561. The molecule has 0 saturated heterocycles. The van der Waals surface area contributed by atoms with Gasteiger partial charge in [0.25, 0.3) is 0 Å². The lowest BCUT2D eigenvalue weighted by atomic mass is 10.1. The van der Waals surface area contributed by atoms with Crippen molar-refractivity contribution in [2.75, 3.05) is 0 Å². The second-order valence-corrected chi connectivity index (χ2v) is 2.41. The molecular formula is C11H12. The van der Waals surface area contributed by atoms with Crippen molar-refractivity contribution in [3.8, 4) is 0 Å². The van der Waals surface area contributed by atoms with Gasteiger partial charge in [-0.2, -0.15) is 0 Å². The van der Waals surface area contributed by atoms with E-state index in [9.17, 15) is 0 Å². The van der Waals surface area contributed by atoms with Gasteiger partial charge in [-0.15, -0.1) is 0 Å². The van der Waals surface area contributed by atoms with Gasteiger partial charge in [0.05, 0.1) is 0 Å². The van der Waals surface area contributed by atoms with Gasteiger partial charge in [-0.25, -0.2) is 0 Å². The van der Waals surface area contributed by atoms with Crippen molar-refractivity contribution in [2.45, 2.75) is 6.92 Å². The summed E-state index contributed by atoms with van der Waals surface area (Å²) in [4.78, 5) is 0. The van der Waals surface area contributed by atoms with E-state index in [1.807, 2.05) is 25.1 Å². The van der Waals surface area contributed by atoms with E-state index >= 15 is 0 Å². The van der Waals surface area contributed by atoms with Gasteiger partial charge >= 0.3 is 0 Å². The third-order valence-corrected chi connectivity index (χ3v) is 1.78. The van der Waals surface area contributed by atoms with Gasteiger partial charge in [-0.1, -0.05) is 43.5 Å². The van der Waals surface area contributed by atoms with Crippen LogP contribution in [0.5, 0.6) is 0 Å². The minimum Gasteiger partial charge on any atom is -0.0984 e. The molecular weight excluding hydrogens is 132 g/mol. The summed E-state index contributed by atoms with van der Waals surface area (Å²) in [5.74, 6) is 0. The van der Waals surface area contributed by atoms with Crippen LogP contribution in [-0.4, -0.2) is 0 Å². The SMILES string of the molecule is C=Cc1cccc(=CC)c1=C. The average molecular weight is 144 g/mol. The minimum atomic E-state index is 1.06. The second-order valence-electron chi connectivity index (χ2n) is 2.41. The maximum atomic E-state index is 3.96. The predicted molar refractivity (Wildman–Crippen MR) is 51.4 cm³/mol. The van der Waals surface area contributed by atoms with E-state index in [1.54, 1.807) is 0 Å². The highest BCUT2D eigenvalue weighted by molar-refractivity contribution is 5.49. The third kappa shape index (κ3) is 1.40. The first-order chi connectivity index (χ1) is 5.29. The summed E-state index contributed by atoms with van der Waals surface area (Å²) < 4.78 is 0. The number of rotatable bonds is 1. The lowest BCUT2D eigenvalue weighted by Crippen LogP contribution is -2.24. The first kappa shape index (κ1) is 7.80. The molecule has 0 atom stereocenters. The molecule has 1 aromatic rings. The molecule has 0 heterocycles. The van der Waals surface area contributed by atoms with Gasteiger partial charge in [0, 0.05) is 0 Å². The van der Waals surface area contributed by atoms with E-state index in [0.717, 1.165) is 10.8 Å². The molecule has 0 aromatic heterocycles. The molecule has 0 bridgehead atoms. The molecule has 0 saturated carbocycles. The van der Waals surface area contributed by atoms with Gasteiger partial charge in [-0.05, 0) is 22.9 Å². The van der Waals surface area contributed by atoms with Crippen LogP contribution < -0.4 is 10.4 Å². The summed E-state index contributed by atoms with van der Waals surface area (Å²) in [5.41, 5.74) is 1.11. The monoisotopic (exact) mass is 144 g/mol. The largest absolute Gasteiger partial charge is 0.0984 e. The van der Waals surface area contributed by atoms with Crippen LogP contribution in [-0.2, 0) is 0 Å². The van der Waals surface area contributed by atoms with Crippen LogP contribution in [0.2, 0.25) is 0 Å². The Morgan fingerprint density at radius 3 is 2.64 bits per heavy atom. The second kappa shape index (κ2) is 3.20. The van der Waals surface area contributed by atoms with E-state index < -0.39 is 0 Å². The fraction of sp³-hybridized carbons (Fsp3) is 0.0909. The van der Waals surface area contributed by atoms with E-state index in [1.165, 1.54) is 5.22 Å². The molecule has 0 unspecified atom stereocenters. The molecule has 0 radical (unpaired) electrons. The number of hydrogen-bond acceptors (Lipinski definition) is 0. The zero-order chi connectivity index (χ0) is 8.27.